The third-order valence-corrected chi connectivity index (χ3v) is 9.00. The SMILES string of the molecule is Nc1nc(/C(=N/OCC(=O)O)C(=O)N[C@@H]2C(=O)N3C(C(=O)O)=C(Cn4cc[n+]5cc(Cl)ccc45)CS[C@H]23)c(Br)s1.[NaH]. The van der Waals surface area contributed by atoms with Gasteiger partial charge in [-0.15, -0.1) is 11.8 Å². The van der Waals surface area contributed by atoms with E-state index in [9.17, 15) is 24.3 Å². The molecule has 1 fully saturated rings. The van der Waals surface area contributed by atoms with Crippen LogP contribution in [0.1, 0.15) is 5.69 Å². The van der Waals surface area contributed by atoms with Crippen LogP contribution in [0.25, 0.3) is 5.65 Å². The number of imidazole rings is 1. The first kappa shape index (κ1) is 31.3. The van der Waals surface area contributed by atoms with Gasteiger partial charge in [-0.25, -0.2) is 23.5 Å². The molecule has 2 amide bonds. The predicted octanol–water partition coefficient (Wildman–Crippen LogP) is 0.277. The average molecular weight is 696 g/mol. The summed E-state index contributed by atoms with van der Waals surface area (Å²) in [7, 11) is 0. The number of halogens is 2. The van der Waals surface area contributed by atoms with Crippen molar-refractivity contribution in [1.29, 1.82) is 0 Å². The number of aliphatic carboxylic acids is 2. The van der Waals surface area contributed by atoms with E-state index in [0.717, 1.165) is 21.9 Å². The minimum absolute atomic E-state index is 0. The molecule has 2 aliphatic heterocycles. The molecule has 2 atom stereocenters. The molecule has 5 heterocycles. The van der Waals surface area contributed by atoms with E-state index in [1.807, 2.05) is 4.57 Å². The number of hydrogen-bond acceptors (Lipinski definition) is 10. The van der Waals surface area contributed by atoms with Crippen LogP contribution in [-0.4, -0.2) is 107 Å². The topological polar surface area (TPSA) is 194 Å². The molecule has 0 spiro atoms. The molecule has 5 rings (SSSR count). The monoisotopic (exact) mass is 694 g/mol. The molecule has 0 radical (unpaired) electrons. The van der Waals surface area contributed by atoms with E-state index in [1.165, 1.54) is 11.8 Å². The number of carboxylic acids is 2. The molecule has 1 saturated heterocycles. The predicted molar refractivity (Wildman–Crippen MR) is 154 cm³/mol. The van der Waals surface area contributed by atoms with E-state index in [2.05, 4.69) is 31.4 Å². The molecule has 5 N–H and O–H groups in total. The molecule has 19 heteroatoms. The number of carbonyl (C=O) groups is 4. The number of nitrogens with zero attached hydrogens (tertiary/aromatic N) is 5. The number of hydrogen-bond donors (Lipinski definition) is 4. The fourth-order valence-corrected chi connectivity index (χ4v) is 7.07. The Hall–Kier alpha value is -2.67. The second-order valence-corrected chi connectivity index (χ2v) is 12.3. The number of carbonyl (C=O) groups excluding carboxylic acids is 2. The maximum absolute atomic E-state index is 13.2. The summed E-state index contributed by atoms with van der Waals surface area (Å²) in [5.41, 5.74) is 6.45. The van der Waals surface area contributed by atoms with E-state index < -0.39 is 47.5 Å². The van der Waals surface area contributed by atoms with Crippen LogP contribution in [0.5, 0.6) is 0 Å². The third-order valence-electron chi connectivity index (χ3n) is 5.90. The van der Waals surface area contributed by atoms with Crippen LogP contribution in [0.2, 0.25) is 5.02 Å². The standard InChI is InChI=1S/C22H17BrClN7O7S2.Na.H/c23-17-13(27-22(25)40-17)14(28-38-7-12(32)33)18(34)26-15-19(35)31-16(21(36)37)9(8-39-20(15)31)5-29-3-4-30-6-10(24)1-2-11(29)30;;/h1-4,6,15,20H,5,7-8H2,(H4-,25,26,27,32,33,34,36,37);;/p+1/b28-14-;;/t15-,20-;;/m1../s1. The molecule has 0 bridgehead atoms. The van der Waals surface area contributed by atoms with Gasteiger partial charge < -0.3 is 26.1 Å². The number of carboxylic acid groups (broad SMARTS) is 2. The van der Waals surface area contributed by atoms with Crippen molar-refractivity contribution in [3.8, 4) is 0 Å². The molecule has 210 valence electrons. The van der Waals surface area contributed by atoms with E-state index >= 15 is 0 Å². The van der Waals surface area contributed by atoms with E-state index in [1.54, 1.807) is 35.1 Å². The zero-order valence-electron chi connectivity index (χ0n) is 20.0. The third kappa shape index (κ3) is 6.25. The van der Waals surface area contributed by atoms with Gasteiger partial charge in [-0.2, -0.15) is 0 Å². The van der Waals surface area contributed by atoms with Crippen molar-refractivity contribution < 1.29 is 38.6 Å². The summed E-state index contributed by atoms with van der Waals surface area (Å²) in [5.74, 6) is -3.80. The number of oxime groups is 1. The fourth-order valence-electron chi connectivity index (χ4n) is 4.24. The molecule has 3 aromatic heterocycles. The molecule has 0 aromatic carbocycles. The van der Waals surface area contributed by atoms with Crippen molar-refractivity contribution in [3.63, 3.8) is 0 Å². The molecule has 41 heavy (non-hydrogen) atoms. The number of amides is 2. The summed E-state index contributed by atoms with van der Waals surface area (Å²) in [6, 6.07) is 2.45. The van der Waals surface area contributed by atoms with Gasteiger partial charge in [0, 0.05) is 17.4 Å². The molecule has 0 saturated carbocycles. The van der Waals surface area contributed by atoms with Gasteiger partial charge in [-0.3, -0.25) is 14.5 Å². The molecule has 0 unspecified atom stereocenters. The van der Waals surface area contributed by atoms with Gasteiger partial charge in [0.05, 0.1) is 5.02 Å². The van der Waals surface area contributed by atoms with E-state index in [4.69, 9.17) is 27.3 Å². The Morgan fingerprint density at radius 1 is 1.34 bits per heavy atom. The number of rotatable bonds is 9. The van der Waals surface area contributed by atoms with Crippen LogP contribution in [0.15, 0.2) is 50.9 Å². The molecular weight excluding hydrogens is 677 g/mol. The maximum atomic E-state index is 13.2. The van der Waals surface area contributed by atoms with Gasteiger partial charge >= 0.3 is 41.5 Å². The van der Waals surface area contributed by atoms with Crippen LogP contribution in [0, 0.1) is 0 Å². The number of pyridine rings is 1. The minimum atomic E-state index is -1.32. The quantitative estimate of drug-likeness (QED) is 0.0794. The van der Waals surface area contributed by atoms with Gasteiger partial charge in [0.1, 0.15) is 51.7 Å². The number of nitrogens with one attached hydrogen (secondary N) is 1. The summed E-state index contributed by atoms with van der Waals surface area (Å²) >= 11 is 11.6. The summed E-state index contributed by atoms with van der Waals surface area (Å²) in [6.45, 7) is -0.600. The summed E-state index contributed by atoms with van der Waals surface area (Å²) < 4.78 is 3.98. The van der Waals surface area contributed by atoms with Crippen molar-refractivity contribution in [2.75, 3.05) is 18.1 Å². The van der Waals surface area contributed by atoms with Crippen molar-refractivity contribution in [2.24, 2.45) is 5.16 Å². The summed E-state index contributed by atoms with van der Waals surface area (Å²) in [5, 5.41) is 25.0. The molecule has 0 aliphatic carbocycles. The van der Waals surface area contributed by atoms with Crippen molar-refractivity contribution in [2.45, 2.75) is 18.0 Å². The summed E-state index contributed by atoms with van der Waals surface area (Å²) in [4.78, 5) is 59.4. The normalized spacial score (nSPS) is 18.4. The van der Waals surface area contributed by atoms with Gasteiger partial charge in [-0.1, -0.05) is 28.1 Å². The zero-order valence-corrected chi connectivity index (χ0v) is 24.0. The Bertz CT molecular complexity index is 1650. The summed E-state index contributed by atoms with van der Waals surface area (Å²) in [6.07, 6.45) is 5.29. The Kier molecular flexibility index (Phi) is 9.67. The van der Waals surface area contributed by atoms with Crippen molar-refractivity contribution in [3.05, 3.63) is 56.5 Å². The number of thiazole rings is 1. The fraction of sp³-hybridized carbons (Fsp3) is 0.227. The first-order valence-electron chi connectivity index (χ1n) is 11.3. The van der Waals surface area contributed by atoms with Gasteiger partial charge in [0.25, 0.3) is 17.5 Å². The second kappa shape index (κ2) is 12.7. The number of aromatic nitrogens is 3. The van der Waals surface area contributed by atoms with E-state index in [0.29, 0.717) is 14.4 Å². The van der Waals surface area contributed by atoms with Crippen molar-refractivity contribution >= 4 is 120 Å². The Morgan fingerprint density at radius 2 is 2.10 bits per heavy atom. The second-order valence-electron chi connectivity index (χ2n) is 8.44. The van der Waals surface area contributed by atoms with Crippen LogP contribution >= 0.6 is 50.6 Å². The number of fused-ring (bicyclic) bond motifs is 2. The number of nitrogen functional groups attached to an aromatic ring is 1. The molecule has 3 aromatic rings. The first-order valence-corrected chi connectivity index (χ1v) is 14.3. The Labute approximate surface area is 274 Å². The number of nitrogens with two attached hydrogens (primary N) is 1. The van der Waals surface area contributed by atoms with Gasteiger partial charge in [0.15, 0.2) is 10.8 Å². The van der Waals surface area contributed by atoms with Crippen LogP contribution < -0.4 is 15.5 Å². The van der Waals surface area contributed by atoms with Crippen LogP contribution in [0.4, 0.5) is 5.13 Å². The Balaban J connectivity index is 0.00000387. The van der Waals surface area contributed by atoms with Gasteiger partial charge in [-0.05, 0) is 22.0 Å². The van der Waals surface area contributed by atoms with Crippen LogP contribution in [-0.2, 0) is 30.6 Å². The molecule has 2 aliphatic rings. The first-order chi connectivity index (χ1) is 19.0. The van der Waals surface area contributed by atoms with Crippen LogP contribution in [0.3, 0.4) is 0 Å². The molecular formula is C22H19BrClN7NaO7S2+. The number of β-lactam (4-membered cyclic amide) rings is 1. The Morgan fingerprint density at radius 3 is 2.76 bits per heavy atom. The van der Waals surface area contributed by atoms with Gasteiger partial charge in [0.2, 0.25) is 6.61 Å². The van der Waals surface area contributed by atoms with E-state index in [-0.39, 0.29) is 58.4 Å². The number of anilines is 1. The molecule has 14 nitrogen and oxygen atoms in total. The average Bonchev–Trinajstić information content (AvgIpc) is 3.45. The number of thioether (sulfide) groups is 1. The van der Waals surface area contributed by atoms with Crippen molar-refractivity contribution in [1.82, 2.24) is 19.8 Å². The zero-order chi connectivity index (χ0) is 28.7.